The van der Waals surface area contributed by atoms with Crippen molar-refractivity contribution in [3.8, 4) is 22.8 Å². The van der Waals surface area contributed by atoms with E-state index in [2.05, 4.69) is 59.0 Å². The van der Waals surface area contributed by atoms with E-state index in [-0.39, 0.29) is 0 Å². The minimum absolute atomic E-state index is 0.488. The van der Waals surface area contributed by atoms with Gasteiger partial charge in [0.05, 0.1) is 19.7 Å². The summed E-state index contributed by atoms with van der Waals surface area (Å²) in [6.07, 6.45) is 11.3. The molecule has 0 radical (unpaired) electrons. The van der Waals surface area contributed by atoms with Gasteiger partial charge in [-0.05, 0) is 79.1 Å². The van der Waals surface area contributed by atoms with Gasteiger partial charge in [0, 0.05) is 34.9 Å². The Hall–Kier alpha value is -4.00. The smallest absolute Gasteiger partial charge is 0.225 e. The van der Waals surface area contributed by atoms with Crippen molar-refractivity contribution in [1.82, 2.24) is 15.0 Å². The standard InChI is InChI=1S/C32H37N5O2/c1-20-12-14-27-25(18-20)23(30(35-27)21-13-15-28(38-2)29(19-21)39-3)16-17-33-32-36-26-11-7-6-10-24(26)31(37-32)34-22-8-4-5-9-22/h6-7,10-15,19-20,22,35H,4-5,8-9,16-18H2,1-3H3,(H2,33,34,36,37). The molecule has 0 aliphatic heterocycles. The van der Waals surface area contributed by atoms with E-state index in [1.807, 2.05) is 18.2 Å². The summed E-state index contributed by atoms with van der Waals surface area (Å²) in [4.78, 5) is 13.5. The van der Waals surface area contributed by atoms with Gasteiger partial charge in [0.2, 0.25) is 5.95 Å². The topological polar surface area (TPSA) is 84.1 Å². The lowest BCUT2D eigenvalue weighted by Gasteiger charge is -2.17. The van der Waals surface area contributed by atoms with Crippen LogP contribution in [0.15, 0.2) is 48.5 Å². The molecule has 2 aromatic heterocycles. The number of para-hydroxylation sites is 1. The number of nitrogens with one attached hydrogen (secondary N) is 3. The number of allylic oxidation sites excluding steroid dienone is 1. The Labute approximate surface area is 230 Å². The number of benzene rings is 2. The molecule has 4 aromatic rings. The zero-order chi connectivity index (χ0) is 26.8. The molecule has 0 spiro atoms. The number of hydrogen-bond donors (Lipinski definition) is 3. The maximum Gasteiger partial charge on any atom is 0.225 e. The summed E-state index contributed by atoms with van der Waals surface area (Å²) >= 11 is 0. The van der Waals surface area contributed by atoms with Crippen LogP contribution in [0.3, 0.4) is 0 Å². The van der Waals surface area contributed by atoms with Crippen LogP contribution in [-0.2, 0) is 12.8 Å². The van der Waals surface area contributed by atoms with Crippen molar-refractivity contribution in [3.05, 3.63) is 65.4 Å². The molecule has 1 fully saturated rings. The highest BCUT2D eigenvalue weighted by Crippen LogP contribution is 2.38. The Morgan fingerprint density at radius 1 is 1.00 bits per heavy atom. The fraction of sp³-hybridized carbons (Fsp3) is 0.375. The van der Waals surface area contributed by atoms with Crippen LogP contribution in [0.5, 0.6) is 11.5 Å². The molecule has 0 saturated heterocycles. The number of ether oxygens (including phenoxy) is 2. The number of H-pyrrole nitrogens is 1. The third kappa shape index (κ3) is 5.18. The molecule has 7 heteroatoms. The lowest BCUT2D eigenvalue weighted by Crippen LogP contribution is -2.17. The van der Waals surface area contributed by atoms with E-state index in [0.29, 0.717) is 17.9 Å². The number of anilines is 2. The fourth-order valence-corrected chi connectivity index (χ4v) is 5.97. The highest BCUT2D eigenvalue weighted by atomic mass is 16.5. The van der Waals surface area contributed by atoms with E-state index in [1.54, 1.807) is 14.2 Å². The lowest BCUT2D eigenvalue weighted by atomic mass is 9.90. The van der Waals surface area contributed by atoms with Gasteiger partial charge in [-0.1, -0.05) is 38.0 Å². The third-order valence-corrected chi connectivity index (χ3v) is 8.00. The molecule has 0 bridgehead atoms. The van der Waals surface area contributed by atoms with Gasteiger partial charge in [-0.15, -0.1) is 0 Å². The van der Waals surface area contributed by atoms with Gasteiger partial charge in [-0.3, -0.25) is 0 Å². The second kappa shape index (κ2) is 11.0. The number of aromatic amines is 1. The van der Waals surface area contributed by atoms with Crippen molar-refractivity contribution in [2.45, 2.75) is 51.5 Å². The monoisotopic (exact) mass is 523 g/mol. The SMILES string of the molecule is COc1ccc(-c2[nH]c3c(c2CCNc2nc(NC4CCCC4)c4ccccc4n2)CC(C)C=C3)cc1OC. The first-order chi connectivity index (χ1) is 19.1. The van der Waals surface area contributed by atoms with E-state index in [1.165, 1.54) is 42.5 Å². The van der Waals surface area contributed by atoms with Gasteiger partial charge in [-0.25, -0.2) is 4.98 Å². The maximum atomic E-state index is 5.60. The highest BCUT2D eigenvalue weighted by Gasteiger charge is 2.22. The number of fused-ring (bicyclic) bond motifs is 2. The van der Waals surface area contributed by atoms with E-state index in [0.717, 1.165) is 58.9 Å². The van der Waals surface area contributed by atoms with Crippen LogP contribution in [0.2, 0.25) is 0 Å². The number of hydrogen-bond acceptors (Lipinski definition) is 6. The Morgan fingerprint density at radius 3 is 2.64 bits per heavy atom. The van der Waals surface area contributed by atoms with Crippen molar-refractivity contribution >= 4 is 28.7 Å². The van der Waals surface area contributed by atoms with Crippen LogP contribution in [0, 0.1) is 5.92 Å². The van der Waals surface area contributed by atoms with Crippen LogP contribution in [-0.4, -0.2) is 41.8 Å². The Kier molecular flexibility index (Phi) is 7.14. The van der Waals surface area contributed by atoms with Gasteiger partial charge in [-0.2, -0.15) is 4.98 Å². The first-order valence-corrected chi connectivity index (χ1v) is 14.0. The normalized spacial score (nSPS) is 16.8. The molecule has 3 N–H and O–H groups in total. The highest BCUT2D eigenvalue weighted by molar-refractivity contribution is 5.90. The fourth-order valence-electron chi connectivity index (χ4n) is 5.97. The quantitative estimate of drug-likeness (QED) is 0.222. The van der Waals surface area contributed by atoms with Crippen LogP contribution in [0.1, 0.15) is 49.4 Å². The second-order valence-electron chi connectivity index (χ2n) is 10.7. The lowest BCUT2D eigenvalue weighted by molar-refractivity contribution is 0.355. The van der Waals surface area contributed by atoms with E-state index >= 15 is 0 Å². The molecule has 1 atom stereocenters. The van der Waals surface area contributed by atoms with Crippen LogP contribution >= 0.6 is 0 Å². The van der Waals surface area contributed by atoms with Gasteiger partial charge >= 0.3 is 0 Å². The first-order valence-electron chi connectivity index (χ1n) is 14.0. The number of methoxy groups -OCH3 is 2. The van der Waals surface area contributed by atoms with Gasteiger partial charge < -0.3 is 25.1 Å². The molecule has 2 heterocycles. The molecule has 1 unspecified atom stereocenters. The molecule has 2 aromatic carbocycles. The van der Waals surface area contributed by atoms with Crippen molar-refractivity contribution in [3.63, 3.8) is 0 Å². The minimum atomic E-state index is 0.488. The third-order valence-electron chi connectivity index (χ3n) is 8.00. The Bertz CT molecular complexity index is 1500. The summed E-state index contributed by atoms with van der Waals surface area (Å²) in [6.45, 7) is 3.00. The van der Waals surface area contributed by atoms with Crippen LogP contribution < -0.4 is 20.1 Å². The Morgan fingerprint density at radius 2 is 1.82 bits per heavy atom. The molecule has 202 valence electrons. The number of nitrogens with zero attached hydrogens (tertiary/aromatic N) is 2. The molecular formula is C32H37N5O2. The summed E-state index contributed by atoms with van der Waals surface area (Å²) in [5, 5.41) is 8.31. The number of aromatic nitrogens is 3. The van der Waals surface area contributed by atoms with Gasteiger partial charge in [0.1, 0.15) is 5.82 Å². The Balaban J connectivity index is 1.28. The van der Waals surface area contributed by atoms with Crippen LogP contribution in [0.4, 0.5) is 11.8 Å². The van der Waals surface area contributed by atoms with E-state index in [9.17, 15) is 0 Å². The molecule has 0 amide bonds. The molecule has 6 rings (SSSR count). The maximum absolute atomic E-state index is 5.60. The zero-order valence-electron chi connectivity index (χ0n) is 23.0. The van der Waals surface area contributed by atoms with E-state index in [4.69, 9.17) is 19.4 Å². The predicted molar refractivity (Wildman–Crippen MR) is 159 cm³/mol. The minimum Gasteiger partial charge on any atom is -0.493 e. The van der Waals surface area contributed by atoms with Gasteiger partial charge in [0.15, 0.2) is 11.5 Å². The average Bonchev–Trinajstić information content (AvgIpc) is 3.60. The summed E-state index contributed by atoms with van der Waals surface area (Å²) in [5.41, 5.74) is 7.08. The summed E-state index contributed by atoms with van der Waals surface area (Å²) in [5.74, 6) is 3.55. The molecule has 39 heavy (non-hydrogen) atoms. The second-order valence-corrected chi connectivity index (χ2v) is 10.7. The van der Waals surface area contributed by atoms with Crippen molar-refractivity contribution in [2.24, 2.45) is 5.92 Å². The van der Waals surface area contributed by atoms with Crippen molar-refractivity contribution < 1.29 is 9.47 Å². The predicted octanol–water partition coefficient (Wildman–Crippen LogP) is 6.86. The molecule has 2 aliphatic carbocycles. The molecule has 7 nitrogen and oxygen atoms in total. The summed E-state index contributed by atoms with van der Waals surface area (Å²) < 4.78 is 11.1. The molecule has 2 aliphatic rings. The molecular weight excluding hydrogens is 486 g/mol. The number of rotatable bonds is 9. The average molecular weight is 524 g/mol. The summed E-state index contributed by atoms with van der Waals surface area (Å²) in [6, 6.07) is 14.9. The molecule has 1 saturated carbocycles. The zero-order valence-corrected chi connectivity index (χ0v) is 23.0. The van der Waals surface area contributed by atoms with Gasteiger partial charge in [0.25, 0.3) is 0 Å². The summed E-state index contributed by atoms with van der Waals surface area (Å²) in [7, 11) is 3.34. The van der Waals surface area contributed by atoms with Crippen molar-refractivity contribution in [1.29, 1.82) is 0 Å². The van der Waals surface area contributed by atoms with E-state index < -0.39 is 0 Å². The van der Waals surface area contributed by atoms with Crippen molar-refractivity contribution in [2.75, 3.05) is 31.4 Å². The van der Waals surface area contributed by atoms with Crippen LogP contribution in [0.25, 0.3) is 28.2 Å². The first kappa shape index (κ1) is 25.3. The largest absolute Gasteiger partial charge is 0.493 e.